The summed E-state index contributed by atoms with van der Waals surface area (Å²) < 4.78 is 0. The van der Waals surface area contributed by atoms with Crippen molar-refractivity contribution < 1.29 is 0 Å². The van der Waals surface area contributed by atoms with E-state index in [1.54, 1.807) is 6.20 Å². The number of para-hydroxylation sites is 1. The second-order valence-corrected chi connectivity index (χ2v) is 6.64. The van der Waals surface area contributed by atoms with Crippen molar-refractivity contribution in [2.24, 2.45) is 0 Å². The summed E-state index contributed by atoms with van der Waals surface area (Å²) in [4.78, 5) is 7.12. The Kier molecular flexibility index (Phi) is 3.95. The summed E-state index contributed by atoms with van der Waals surface area (Å²) in [6.07, 6.45) is 4.43. The Morgan fingerprint density at radius 1 is 1.00 bits per heavy atom. The number of rotatable bonds is 3. The highest BCUT2D eigenvalue weighted by Crippen LogP contribution is 2.31. The molecule has 3 heteroatoms. The maximum absolute atomic E-state index is 6.09. The van der Waals surface area contributed by atoms with Gasteiger partial charge in [-0.1, -0.05) is 42.5 Å². The van der Waals surface area contributed by atoms with E-state index in [0.717, 1.165) is 22.2 Å². The monoisotopic (exact) mass is 317 g/mol. The summed E-state index contributed by atoms with van der Waals surface area (Å²) in [5, 5.41) is 1.02. The van der Waals surface area contributed by atoms with Gasteiger partial charge in [-0.2, -0.15) is 0 Å². The summed E-state index contributed by atoms with van der Waals surface area (Å²) in [6.45, 7) is 4.74. The lowest BCUT2D eigenvalue weighted by molar-refractivity contribution is 0.263. The number of nitrogens with zero attached hydrogens (tertiary/aromatic N) is 2. The van der Waals surface area contributed by atoms with Crippen LogP contribution in [0.4, 0.5) is 5.69 Å². The number of aromatic nitrogens is 1. The van der Waals surface area contributed by atoms with E-state index in [0.29, 0.717) is 6.04 Å². The first kappa shape index (κ1) is 15.2. The van der Waals surface area contributed by atoms with Gasteiger partial charge in [0.05, 0.1) is 5.52 Å². The Labute approximate surface area is 143 Å². The van der Waals surface area contributed by atoms with Gasteiger partial charge in [0.15, 0.2) is 0 Å². The van der Waals surface area contributed by atoms with Crippen LogP contribution in [0.25, 0.3) is 22.0 Å². The van der Waals surface area contributed by atoms with Crippen molar-refractivity contribution in [3.05, 3.63) is 60.3 Å². The zero-order valence-corrected chi connectivity index (χ0v) is 14.1. The van der Waals surface area contributed by atoms with Gasteiger partial charge in [-0.15, -0.1) is 0 Å². The molecule has 1 fully saturated rings. The Bertz CT molecular complexity index is 849. The maximum atomic E-state index is 6.09. The van der Waals surface area contributed by atoms with Crippen LogP contribution in [0.1, 0.15) is 31.4 Å². The van der Waals surface area contributed by atoms with Crippen LogP contribution in [0, 0.1) is 0 Å². The van der Waals surface area contributed by atoms with Gasteiger partial charge < -0.3 is 5.73 Å². The average Bonchev–Trinajstić information content (AvgIpc) is 3.16. The first-order chi connectivity index (χ1) is 11.7. The molecule has 0 amide bonds. The fraction of sp³-hybridized carbons (Fsp3) is 0.286. The molecule has 1 aliphatic rings. The molecule has 3 nitrogen and oxygen atoms in total. The van der Waals surface area contributed by atoms with Crippen LogP contribution in [0.3, 0.4) is 0 Å². The van der Waals surface area contributed by atoms with Crippen molar-refractivity contribution in [2.45, 2.75) is 25.8 Å². The van der Waals surface area contributed by atoms with E-state index >= 15 is 0 Å². The zero-order valence-electron chi connectivity index (χ0n) is 14.1. The van der Waals surface area contributed by atoms with Crippen molar-refractivity contribution in [2.75, 3.05) is 18.8 Å². The smallest absolute Gasteiger partial charge is 0.0800 e. The van der Waals surface area contributed by atoms with E-state index in [9.17, 15) is 0 Å². The van der Waals surface area contributed by atoms with Crippen molar-refractivity contribution in [3.63, 3.8) is 0 Å². The topological polar surface area (TPSA) is 42.1 Å². The molecule has 2 heterocycles. The molecule has 2 aromatic carbocycles. The SMILES string of the molecule is CC(c1ccc(-c2cccc3c(N)ccnc23)cc1)N1CCCC1. The third kappa shape index (κ3) is 2.65. The van der Waals surface area contributed by atoms with Crippen molar-refractivity contribution in [1.82, 2.24) is 9.88 Å². The third-order valence-electron chi connectivity index (χ3n) is 5.20. The number of nitrogen functional groups attached to an aromatic ring is 1. The highest BCUT2D eigenvalue weighted by atomic mass is 15.2. The van der Waals surface area contributed by atoms with Gasteiger partial charge in [0, 0.05) is 28.9 Å². The number of nitrogens with two attached hydrogens (primary N) is 1. The van der Waals surface area contributed by atoms with Crippen LogP contribution in [-0.4, -0.2) is 23.0 Å². The minimum Gasteiger partial charge on any atom is -0.398 e. The van der Waals surface area contributed by atoms with Crippen LogP contribution in [-0.2, 0) is 0 Å². The summed E-state index contributed by atoms with van der Waals surface area (Å²) in [5.74, 6) is 0. The average molecular weight is 317 g/mol. The van der Waals surface area contributed by atoms with Crippen LogP contribution in [0.5, 0.6) is 0 Å². The molecule has 3 aromatic rings. The second-order valence-electron chi connectivity index (χ2n) is 6.64. The van der Waals surface area contributed by atoms with Crippen molar-refractivity contribution in [3.8, 4) is 11.1 Å². The van der Waals surface area contributed by atoms with Gasteiger partial charge in [-0.25, -0.2) is 0 Å². The van der Waals surface area contributed by atoms with E-state index in [1.165, 1.54) is 37.1 Å². The summed E-state index contributed by atoms with van der Waals surface area (Å²) in [7, 11) is 0. The molecule has 0 saturated carbocycles. The van der Waals surface area contributed by atoms with E-state index in [-0.39, 0.29) is 0 Å². The summed E-state index contributed by atoms with van der Waals surface area (Å²) in [6, 6.07) is 17.5. The van der Waals surface area contributed by atoms with Crippen LogP contribution >= 0.6 is 0 Å². The number of likely N-dealkylation sites (tertiary alicyclic amines) is 1. The Morgan fingerprint density at radius 3 is 2.50 bits per heavy atom. The van der Waals surface area contributed by atoms with E-state index in [1.807, 2.05) is 12.1 Å². The molecule has 1 atom stereocenters. The number of hydrogen-bond acceptors (Lipinski definition) is 3. The molecular formula is C21H23N3. The molecule has 1 aromatic heterocycles. The fourth-order valence-electron chi connectivity index (χ4n) is 3.71. The molecule has 1 unspecified atom stereocenters. The Hall–Kier alpha value is -2.39. The Morgan fingerprint density at radius 2 is 1.75 bits per heavy atom. The highest BCUT2D eigenvalue weighted by Gasteiger charge is 2.19. The largest absolute Gasteiger partial charge is 0.398 e. The van der Waals surface area contributed by atoms with Crippen molar-refractivity contribution >= 4 is 16.6 Å². The molecule has 0 bridgehead atoms. The predicted molar refractivity (Wildman–Crippen MR) is 101 cm³/mol. The van der Waals surface area contributed by atoms with Gasteiger partial charge in [0.2, 0.25) is 0 Å². The maximum Gasteiger partial charge on any atom is 0.0800 e. The number of hydrogen-bond donors (Lipinski definition) is 1. The standard InChI is InChI=1S/C21H23N3/c1-15(24-13-2-3-14-24)16-7-9-17(10-8-16)18-5-4-6-19-20(22)11-12-23-21(18)19/h4-12,15H,2-3,13-14H2,1H3,(H2,22,23). The lowest BCUT2D eigenvalue weighted by atomic mass is 9.98. The van der Waals surface area contributed by atoms with Crippen molar-refractivity contribution in [1.29, 1.82) is 0 Å². The molecule has 2 N–H and O–H groups in total. The minimum atomic E-state index is 0.489. The number of anilines is 1. The van der Waals surface area contributed by atoms with E-state index in [4.69, 9.17) is 5.73 Å². The predicted octanol–water partition coefficient (Wildman–Crippen LogP) is 4.64. The number of fused-ring (bicyclic) bond motifs is 1. The molecule has 4 rings (SSSR count). The zero-order chi connectivity index (χ0) is 16.5. The lowest BCUT2D eigenvalue weighted by Crippen LogP contribution is -2.23. The van der Waals surface area contributed by atoms with Gasteiger partial charge in [-0.05, 0) is 50.0 Å². The highest BCUT2D eigenvalue weighted by molar-refractivity contribution is 5.99. The quantitative estimate of drug-likeness (QED) is 0.765. The lowest BCUT2D eigenvalue weighted by Gasteiger charge is -2.24. The van der Waals surface area contributed by atoms with Gasteiger partial charge >= 0.3 is 0 Å². The van der Waals surface area contributed by atoms with E-state index < -0.39 is 0 Å². The van der Waals surface area contributed by atoms with Crippen LogP contribution in [0.2, 0.25) is 0 Å². The molecule has 1 aliphatic heterocycles. The summed E-state index contributed by atoms with van der Waals surface area (Å²) in [5.41, 5.74) is 11.6. The van der Waals surface area contributed by atoms with Gasteiger partial charge in [0.25, 0.3) is 0 Å². The molecule has 24 heavy (non-hydrogen) atoms. The number of pyridine rings is 1. The van der Waals surface area contributed by atoms with Crippen LogP contribution < -0.4 is 5.73 Å². The summed E-state index contributed by atoms with van der Waals surface area (Å²) >= 11 is 0. The second kappa shape index (κ2) is 6.25. The van der Waals surface area contributed by atoms with Gasteiger partial charge in [-0.3, -0.25) is 9.88 Å². The van der Waals surface area contributed by atoms with Gasteiger partial charge in [0.1, 0.15) is 0 Å². The third-order valence-corrected chi connectivity index (χ3v) is 5.20. The number of benzene rings is 2. The molecule has 0 aliphatic carbocycles. The molecule has 1 saturated heterocycles. The van der Waals surface area contributed by atoms with Crippen LogP contribution in [0.15, 0.2) is 54.7 Å². The Balaban J connectivity index is 1.69. The fourth-order valence-corrected chi connectivity index (χ4v) is 3.71. The minimum absolute atomic E-state index is 0.489. The van der Waals surface area contributed by atoms with E-state index in [2.05, 4.69) is 53.2 Å². The first-order valence-electron chi connectivity index (χ1n) is 8.71. The molecule has 0 spiro atoms. The molecular weight excluding hydrogens is 294 g/mol. The normalized spacial score (nSPS) is 16.5. The molecule has 0 radical (unpaired) electrons. The molecule has 122 valence electrons. The first-order valence-corrected chi connectivity index (χ1v) is 8.71.